The Morgan fingerprint density at radius 1 is 1.03 bits per heavy atom. The van der Waals surface area contributed by atoms with Gasteiger partial charge in [0.2, 0.25) is 0 Å². The first-order valence-corrected chi connectivity index (χ1v) is 11.9. The Morgan fingerprint density at radius 3 is 2.38 bits per heavy atom. The fourth-order valence-electron chi connectivity index (χ4n) is 3.46. The van der Waals surface area contributed by atoms with Crippen molar-refractivity contribution in [3.05, 3.63) is 59.7 Å². The second-order valence-corrected chi connectivity index (χ2v) is 8.69. The molecule has 2 aromatic rings. The third-order valence-corrected chi connectivity index (χ3v) is 5.28. The van der Waals surface area contributed by atoms with Crippen LogP contribution in [0.1, 0.15) is 44.7 Å². The van der Waals surface area contributed by atoms with Crippen LogP contribution < -0.4 is 9.47 Å². The summed E-state index contributed by atoms with van der Waals surface area (Å²) in [5, 5.41) is 9.24. The van der Waals surface area contributed by atoms with Crippen LogP contribution in [0.15, 0.2) is 48.5 Å². The third-order valence-electron chi connectivity index (χ3n) is 5.28. The number of hydrogen-bond donors (Lipinski definition) is 1. The fraction of sp³-hybridized carbons (Fsp3) is 0.481. The molecule has 34 heavy (non-hydrogen) atoms. The molecule has 0 aromatic heterocycles. The van der Waals surface area contributed by atoms with Crippen LogP contribution in [0.25, 0.3) is 0 Å². The van der Waals surface area contributed by atoms with Crippen molar-refractivity contribution in [2.75, 3.05) is 26.3 Å². The molecule has 0 aliphatic carbocycles. The summed E-state index contributed by atoms with van der Waals surface area (Å²) in [6, 6.07) is 14.7. The van der Waals surface area contributed by atoms with Crippen molar-refractivity contribution in [3.63, 3.8) is 0 Å². The number of carboxylic acid groups (broad SMARTS) is 1. The number of carbonyl (C=O) groups is 2. The van der Waals surface area contributed by atoms with Crippen molar-refractivity contribution in [2.24, 2.45) is 5.92 Å². The summed E-state index contributed by atoms with van der Waals surface area (Å²) in [6.07, 6.45) is 0.951. The van der Waals surface area contributed by atoms with Crippen LogP contribution in [0.3, 0.4) is 0 Å². The number of carbonyl (C=O) groups excluding carboxylic acids is 1. The molecule has 2 rings (SSSR count). The molecule has 2 aromatic carbocycles. The van der Waals surface area contributed by atoms with Crippen LogP contribution in [-0.2, 0) is 16.0 Å². The average molecular weight is 472 g/mol. The molecule has 1 amide bonds. The van der Waals surface area contributed by atoms with Crippen LogP contribution in [0.5, 0.6) is 11.5 Å². The SMILES string of the molecule is CCOC(Cc1ccc(OCCN(CCCC(C)C)C(=O)Oc2cccc(C)c2)cc1)C(=O)O. The molecule has 0 saturated heterocycles. The maximum absolute atomic E-state index is 12.8. The van der Waals surface area contributed by atoms with E-state index in [1.807, 2.05) is 37.3 Å². The zero-order valence-corrected chi connectivity index (χ0v) is 20.7. The van der Waals surface area contributed by atoms with E-state index in [0.29, 0.717) is 43.7 Å². The van der Waals surface area contributed by atoms with Crippen LogP contribution >= 0.6 is 0 Å². The van der Waals surface area contributed by atoms with E-state index in [4.69, 9.17) is 14.2 Å². The predicted octanol–water partition coefficient (Wildman–Crippen LogP) is 5.34. The highest BCUT2D eigenvalue weighted by Crippen LogP contribution is 2.16. The predicted molar refractivity (Wildman–Crippen MR) is 132 cm³/mol. The molecular weight excluding hydrogens is 434 g/mol. The van der Waals surface area contributed by atoms with Crippen molar-refractivity contribution in [2.45, 2.75) is 53.1 Å². The maximum atomic E-state index is 12.8. The Kier molecular flexibility index (Phi) is 11.4. The van der Waals surface area contributed by atoms with Crippen molar-refractivity contribution in [1.82, 2.24) is 4.90 Å². The Bertz CT molecular complexity index is 896. The molecule has 1 atom stereocenters. The Labute approximate surface area is 202 Å². The normalized spacial score (nSPS) is 11.8. The van der Waals surface area contributed by atoms with Gasteiger partial charge in [-0.1, -0.05) is 38.1 Å². The van der Waals surface area contributed by atoms with Crippen molar-refractivity contribution in [3.8, 4) is 11.5 Å². The molecule has 0 radical (unpaired) electrons. The number of aliphatic carboxylic acids is 1. The van der Waals surface area contributed by atoms with Crippen LogP contribution in [0.4, 0.5) is 4.79 Å². The lowest BCUT2D eigenvalue weighted by atomic mass is 10.1. The molecule has 0 heterocycles. The van der Waals surface area contributed by atoms with Crippen molar-refractivity contribution < 1.29 is 28.9 Å². The summed E-state index contributed by atoms with van der Waals surface area (Å²) in [5.74, 6) is 0.772. The Morgan fingerprint density at radius 2 is 1.76 bits per heavy atom. The number of amides is 1. The fourth-order valence-corrected chi connectivity index (χ4v) is 3.46. The molecule has 0 spiro atoms. The highest BCUT2D eigenvalue weighted by atomic mass is 16.6. The number of carboxylic acids is 1. The molecule has 186 valence electrons. The van der Waals surface area contributed by atoms with Gasteiger partial charge in [-0.15, -0.1) is 0 Å². The highest BCUT2D eigenvalue weighted by molar-refractivity contribution is 5.72. The van der Waals surface area contributed by atoms with Gasteiger partial charge in [-0.05, 0) is 68.0 Å². The lowest BCUT2D eigenvalue weighted by Gasteiger charge is -2.22. The first kappa shape index (κ1) is 27.2. The first-order valence-electron chi connectivity index (χ1n) is 11.9. The van der Waals surface area contributed by atoms with E-state index in [1.54, 1.807) is 30.0 Å². The van der Waals surface area contributed by atoms with Gasteiger partial charge >= 0.3 is 12.1 Å². The maximum Gasteiger partial charge on any atom is 0.415 e. The van der Waals surface area contributed by atoms with E-state index in [2.05, 4.69) is 13.8 Å². The summed E-state index contributed by atoms with van der Waals surface area (Å²) in [4.78, 5) is 25.7. The molecule has 0 fully saturated rings. The highest BCUT2D eigenvalue weighted by Gasteiger charge is 2.18. The van der Waals surface area contributed by atoms with Gasteiger partial charge in [0.25, 0.3) is 0 Å². The van der Waals surface area contributed by atoms with Gasteiger partial charge in [0, 0.05) is 19.6 Å². The molecule has 0 aliphatic rings. The second-order valence-electron chi connectivity index (χ2n) is 8.69. The van der Waals surface area contributed by atoms with Gasteiger partial charge in [-0.3, -0.25) is 0 Å². The van der Waals surface area contributed by atoms with E-state index in [9.17, 15) is 14.7 Å². The van der Waals surface area contributed by atoms with E-state index in [1.165, 1.54) is 0 Å². The Balaban J connectivity index is 1.91. The number of benzene rings is 2. The van der Waals surface area contributed by atoms with Crippen LogP contribution in [0.2, 0.25) is 0 Å². The van der Waals surface area contributed by atoms with E-state index in [-0.39, 0.29) is 12.5 Å². The molecule has 0 saturated carbocycles. The number of hydrogen-bond acceptors (Lipinski definition) is 5. The first-order chi connectivity index (χ1) is 16.3. The van der Waals surface area contributed by atoms with Crippen molar-refractivity contribution in [1.29, 1.82) is 0 Å². The number of aryl methyl sites for hydroxylation is 1. The third kappa shape index (κ3) is 9.83. The molecule has 0 aliphatic heterocycles. The monoisotopic (exact) mass is 471 g/mol. The molecule has 7 nitrogen and oxygen atoms in total. The average Bonchev–Trinajstić information content (AvgIpc) is 2.78. The molecule has 7 heteroatoms. The smallest absolute Gasteiger partial charge is 0.415 e. The van der Waals surface area contributed by atoms with E-state index < -0.39 is 12.1 Å². The van der Waals surface area contributed by atoms with Gasteiger partial charge in [0.15, 0.2) is 6.10 Å². The van der Waals surface area contributed by atoms with E-state index >= 15 is 0 Å². The zero-order valence-electron chi connectivity index (χ0n) is 20.7. The summed E-state index contributed by atoms with van der Waals surface area (Å²) in [6.45, 7) is 9.71. The quantitative estimate of drug-likeness (QED) is 0.400. The molecular formula is C27H37NO6. The molecule has 1 unspecified atom stereocenters. The van der Waals surface area contributed by atoms with Crippen LogP contribution in [-0.4, -0.2) is 54.5 Å². The topological polar surface area (TPSA) is 85.3 Å². The minimum atomic E-state index is -0.975. The van der Waals surface area contributed by atoms with Crippen LogP contribution in [0, 0.1) is 12.8 Å². The van der Waals surface area contributed by atoms with Gasteiger partial charge in [0.05, 0.1) is 6.54 Å². The molecule has 0 bridgehead atoms. The minimum absolute atomic E-state index is 0.290. The summed E-state index contributed by atoms with van der Waals surface area (Å²) >= 11 is 0. The summed E-state index contributed by atoms with van der Waals surface area (Å²) < 4.78 is 16.7. The molecule has 1 N–H and O–H groups in total. The largest absolute Gasteiger partial charge is 0.492 e. The zero-order chi connectivity index (χ0) is 24.9. The number of nitrogens with zero attached hydrogens (tertiary/aromatic N) is 1. The lowest BCUT2D eigenvalue weighted by molar-refractivity contribution is -0.149. The Hall–Kier alpha value is -3.06. The van der Waals surface area contributed by atoms with Gasteiger partial charge in [-0.2, -0.15) is 0 Å². The van der Waals surface area contributed by atoms with Gasteiger partial charge < -0.3 is 24.2 Å². The number of rotatable bonds is 14. The minimum Gasteiger partial charge on any atom is -0.492 e. The van der Waals surface area contributed by atoms with Gasteiger partial charge in [-0.25, -0.2) is 9.59 Å². The summed E-state index contributed by atoms with van der Waals surface area (Å²) in [5.41, 5.74) is 1.88. The van der Waals surface area contributed by atoms with Gasteiger partial charge in [0.1, 0.15) is 18.1 Å². The standard InChI is InChI=1S/C27H37NO6/c1-5-32-25(26(29)30)19-22-11-13-23(14-12-22)33-17-16-28(15-7-8-20(2)3)27(31)34-24-10-6-9-21(4)18-24/h6,9-14,18,20,25H,5,7-8,15-17,19H2,1-4H3,(H,29,30). The lowest BCUT2D eigenvalue weighted by Crippen LogP contribution is -2.37. The number of ether oxygens (including phenoxy) is 3. The summed E-state index contributed by atoms with van der Waals surface area (Å²) in [7, 11) is 0. The second kappa shape index (κ2) is 14.3. The van der Waals surface area contributed by atoms with E-state index in [0.717, 1.165) is 24.0 Å². The van der Waals surface area contributed by atoms with Crippen molar-refractivity contribution >= 4 is 12.1 Å².